The summed E-state index contributed by atoms with van der Waals surface area (Å²) in [6, 6.07) is 0. The average molecular weight is 1590 g/mol. The number of carbonyl (C=O) groups is 3. The van der Waals surface area contributed by atoms with Crippen molar-refractivity contribution in [3.05, 3.63) is 182 Å². The highest BCUT2D eigenvalue weighted by molar-refractivity contribution is 7.47. The molecule has 4 N–H and O–H groups in total. The van der Waals surface area contributed by atoms with Crippen LogP contribution in [0.1, 0.15) is 329 Å². The molecule has 0 fully saturated rings. The third-order valence-corrected chi connectivity index (χ3v) is 19.5. The van der Waals surface area contributed by atoms with Crippen LogP contribution < -0.4 is 0 Å². The number of carbonyl (C=O) groups excluding carboxylic acids is 3. The molecule has 18 heteroatoms. The van der Waals surface area contributed by atoms with Gasteiger partial charge >= 0.3 is 33.6 Å². The van der Waals surface area contributed by atoms with Crippen molar-refractivity contribution in [2.24, 2.45) is 0 Å². The fourth-order valence-corrected chi connectivity index (χ4v) is 12.7. The quantitative estimate of drug-likeness (QED) is 0.0146. The van der Waals surface area contributed by atoms with Crippen molar-refractivity contribution in [1.29, 1.82) is 0 Å². The molecule has 111 heavy (non-hydrogen) atoms. The smallest absolute Gasteiger partial charge is 0.463 e. The Hall–Kier alpha value is -5.35. The predicted octanol–water partition coefficient (Wildman–Crippen LogP) is 26.1. The summed E-state index contributed by atoms with van der Waals surface area (Å²) in [4.78, 5) is 58.9. The molecule has 0 bridgehead atoms. The lowest BCUT2D eigenvalue weighted by Crippen LogP contribution is -2.30. The minimum Gasteiger partial charge on any atom is -0.463 e. The molecule has 5 unspecified atom stereocenters. The standard InChI is InChI=1S/C93H154O16P2/c1-4-7-10-13-16-19-22-25-28-31-34-37-39-40-41-42-43-44-45-46-48-51-52-55-58-61-64-67-70-73-76-79-91(96)103-82-88(94)83-105-110(99,100)106-84-89(95)85-107-111(101,102)108-87-90(109-93(98)81-78-75-72-69-66-63-60-57-54-49-36-33-30-27-24-21-18-15-12-9-6-3)86-104-92(97)80-77-74-71-68-65-62-59-56-53-50-47-38-35-32-29-26-23-20-17-14-11-8-5-2/h7,9-10,12,16-21,25-30,34-38,40-41,43-44,49-50,53,57,60,88-90,94-95H,4-6,8,11,13-15,22-24,31-33,39,42,45-48,51-52,54-56,58-59,61-87H2,1-3H3,(H,99,100)(H,101,102)/b10-7-,12-9-,19-16-,20-17-,21-18-,28-25-,29-26-,30-27-,37-34-,38-35-,41-40-,44-43-,49-36-,53-50-,60-57-. The zero-order chi connectivity index (χ0) is 80.8. The number of phosphoric ester groups is 2. The molecular formula is C93H154O16P2. The molecule has 0 aliphatic carbocycles. The van der Waals surface area contributed by atoms with Gasteiger partial charge in [-0.05, 0) is 161 Å². The number of phosphoric acid groups is 2. The molecule has 0 amide bonds. The molecule has 0 radical (unpaired) electrons. The Bertz CT molecular complexity index is 2750. The number of aliphatic hydroxyl groups is 2. The molecule has 16 nitrogen and oxygen atoms in total. The van der Waals surface area contributed by atoms with E-state index in [2.05, 4.69) is 203 Å². The lowest BCUT2D eigenvalue weighted by molar-refractivity contribution is -0.161. The van der Waals surface area contributed by atoms with Gasteiger partial charge in [-0.3, -0.25) is 32.5 Å². The number of aliphatic hydroxyl groups excluding tert-OH is 2. The highest BCUT2D eigenvalue weighted by Gasteiger charge is 2.29. The van der Waals surface area contributed by atoms with E-state index in [1.165, 1.54) is 77.0 Å². The van der Waals surface area contributed by atoms with Crippen LogP contribution in [0.4, 0.5) is 0 Å². The van der Waals surface area contributed by atoms with Gasteiger partial charge in [0.05, 0.1) is 26.4 Å². The fourth-order valence-electron chi connectivity index (χ4n) is 11.1. The van der Waals surface area contributed by atoms with Crippen molar-refractivity contribution in [2.75, 3.05) is 39.6 Å². The van der Waals surface area contributed by atoms with E-state index in [1.54, 1.807) is 0 Å². The monoisotopic (exact) mass is 1590 g/mol. The van der Waals surface area contributed by atoms with Crippen molar-refractivity contribution >= 4 is 33.6 Å². The molecule has 0 saturated carbocycles. The predicted molar refractivity (Wildman–Crippen MR) is 463 cm³/mol. The first-order valence-electron chi connectivity index (χ1n) is 43.1. The van der Waals surface area contributed by atoms with Crippen LogP contribution in [0, 0.1) is 0 Å². The van der Waals surface area contributed by atoms with Crippen molar-refractivity contribution < 1.29 is 75.8 Å². The summed E-state index contributed by atoms with van der Waals surface area (Å²) in [5.41, 5.74) is 0. The first-order chi connectivity index (χ1) is 54.2. The van der Waals surface area contributed by atoms with Gasteiger partial charge in [0.2, 0.25) is 0 Å². The van der Waals surface area contributed by atoms with Crippen molar-refractivity contribution in [3.8, 4) is 0 Å². The average Bonchev–Trinajstić information content (AvgIpc) is 0.900. The van der Waals surface area contributed by atoms with Gasteiger partial charge in [0.1, 0.15) is 25.4 Å². The summed E-state index contributed by atoms with van der Waals surface area (Å²) in [5, 5.41) is 20.7. The summed E-state index contributed by atoms with van der Waals surface area (Å²) in [6.07, 6.45) is 109. The second-order valence-electron chi connectivity index (χ2n) is 28.2. The van der Waals surface area contributed by atoms with Crippen molar-refractivity contribution in [1.82, 2.24) is 0 Å². The molecule has 0 saturated heterocycles. The molecule has 0 aromatic rings. The molecule has 0 spiro atoms. The van der Waals surface area contributed by atoms with E-state index in [9.17, 15) is 43.5 Å². The second-order valence-corrected chi connectivity index (χ2v) is 31.1. The molecule has 0 aromatic carbocycles. The lowest BCUT2D eigenvalue weighted by Gasteiger charge is -2.21. The molecule has 5 atom stereocenters. The zero-order valence-electron chi connectivity index (χ0n) is 69.3. The number of unbranched alkanes of at least 4 members (excludes halogenated alkanes) is 27. The van der Waals surface area contributed by atoms with Gasteiger partial charge in [0.15, 0.2) is 6.10 Å². The highest BCUT2D eigenvalue weighted by Crippen LogP contribution is 2.45. The second kappa shape index (κ2) is 84.1. The van der Waals surface area contributed by atoms with E-state index in [4.69, 9.17) is 32.3 Å². The minimum atomic E-state index is -4.95. The topological polar surface area (TPSA) is 231 Å². The van der Waals surface area contributed by atoms with Crippen LogP contribution in [0.25, 0.3) is 0 Å². The summed E-state index contributed by atoms with van der Waals surface area (Å²) >= 11 is 0. The molecule has 0 rings (SSSR count). The van der Waals surface area contributed by atoms with Crippen molar-refractivity contribution in [2.45, 2.75) is 347 Å². The maximum atomic E-state index is 13.0. The Morgan fingerprint density at radius 2 is 0.477 bits per heavy atom. The molecule has 632 valence electrons. The zero-order valence-corrected chi connectivity index (χ0v) is 71.1. The number of rotatable bonds is 80. The summed E-state index contributed by atoms with van der Waals surface area (Å²) in [7, 11) is -9.82. The third kappa shape index (κ3) is 85.4. The van der Waals surface area contributed by atoms with E-state index in [0.717, 1.165) is 193 Å². The normalized spacial score (nSPS) is 14.8. The van der Waals surface area contributed by atoms with Gasteiger partial charge in [0, 0.05) is 19.3 Å². The number of hydrogen-bond donors (Lipinski definition) is 4. The summed E-state index contributed by atoms with van der Waals surface area (Å²) < 4.78 is 61.3. The summed E-state index contributed by atoms with van der Waals surface area (Å²) in [6.45, 7) is 2.40. The van der Waals surface area contributed by atoms with Gasteiger partial charge in [-0.2, -0.15) is 0 Å². The Kier molecular flexibility index (Phi) is 80.0. The third-order valence-electron chi connectivity index (χ3n) is 17.6. The Morgan fingerprint density at radius 1 is 0.261 bits per heavy atom. The summed E-state index contributed by atoms with van der Waals surface area (Å²) in [5.74, 6) is -1.61. The van der Waals surface area contributed by atoms with Gasteiger partial charge in [-0.15, -0.1) is 0 Å². The molecule has 0 heterocycles. The van der Waals surface area contributed by atoms with Crippen molar-refractivity contribution in [3.63, 3.8) is 0 Å². The van der Waals surface area contributed by atoms with Crippen LogP contribution in [-0.2, 0) is 55.8 Å². The Labute approximate surface area is 675 Å². The van der Waals surface area contributed by atoms with E-state index < -0.39 is 91.5 Å². The molecule has 0 aromatic heterocycles. The lowest BCUT2D eigenvalue weighted by atomic mass is 10.0. The van der Waals surface area contributed by atoms with Gasteiger partial charge in [-0.25, -0.2) is 9.13 Å². The van der Waals surface area contributed by atoms with E-state index in [0.29, 0.717) is 19.3 Å². The van der Waals surface area contributed by atoms with Gasteiger partial charge < -0.3 is 34.2 Å². The van der Waals surface area contributed by atoms with E-state index in [1.807, 2.05) is 0 Å². The van der Waals surface area contributed by atoms with Crippen LogP contribution in [0.5, 0.6) is 0 Å². The molecule has 0 aliphatic rings. The molecular weight excluding hydrogens is 1430 g/mol. The first kappa shape index (κ1) is 106. The van der Waals surface area contributed by atoms with Gasteiger partial charge in [-0.1, -0.05) is 331 Å². The van der Waals surface area contributed by atoms with E-state index >= 15 is 0 Å². The number of hydrogen-bond acceptors (Lipinski definition) is 14. The minimum absolute atomic E-state index is 0.0737. The Morgan fingerprint density at radius 3 is 0.757 bits per heavy atom. The van der Waals surface area contributed by atoms with Crippen LogP contribution in [0.15, 0.2) is 182 Å². The number of ether oxygens (including phenoxy) is 3. The maximum absolute atomic E-state index is 13.0. The van der Waals surface area contributed by atoms with Crippen LogP contribution in [-0.4, -0.2) is 95.9 Å². The molecule has 0 aliphatic heterocycles. The highest BCUT2D eigenvalue weighted by atomic mass is 31.2. The fraction of sp³-hybridized carbons (Fsp3) is 0.645. The number of esters is 3. The number of allylic oxidation sites excluding steroid dienone is 30. The maximum Gasteiger partial charge on any atom is 0.472 e. The van der Waals surface area contributed by atoms with E-state index in [-0.39, 0.29) is 19.3 Å². The Balaban J connectivity index is 4.63. The van der Waals surface area contributed by atoms with Crippen LogP contribution in [0.3, 0.4) is 0 Å². The SMILES string of the molecule is CC/C=C\C/C=C\C/C=C\C/C=C\C/C=C\C/C=C\CCCCCCCCCCCCCCC(=O)OCC(O)COP(=O)(O)OCC(O)COP(=O)(O)OCC(COC(=O)CCCCCCCCC/C=C\C/C=C\C/C=C\C/C=C\CCCCC)OC(=O)CCCCCCC/C=C\C/C=C\C/C=C\C/C=C\C/C=C\CC. The van der Waals surface area contributed by atoms with Crippen LogP contribution >= 0.6 is 15.6 Å². The van der Waals surface area contributed by atoms with Gasteiger partial charge in [0.25, 0.3) is 0 Å². The van der Waals surface area contributed by atoms with Crippen LogP contribution in [0.2, 0.25) is 0 Å². The first-order valence-corrected chi connectivity index (χ1v) is 46.1. The largest absolute Gasteiger partial charge is 0.472 e.